The first kappa shape index (κ1) is 21.2. The van der Waals surface area contributed by atoms with Crippen molar-refractivity contribution >= 4 is 21.4 Å². The van der Waals surface area contributed by atoms with Crippen molar-refractivity contribution < 1.29 is 19.1 Å². The van der Waals surface area contributed by atoms with Crippen LogP contribution in [0.3, 0.4) is 0 Å². The van der Waals surface area contributed by atoms with Gasteiger partial charge in [0.2, 0.25) is 0 Å². The zero-order valence-corrected chi connectivity index (χ0v) is 19.0. The van der Waals surface area contributed by atoms with Crippen LogP contribution in [0.15, 0.2) is 24.3 Å². The lowest BCUT2D eigenvalue weighted by Crippen LogP contribution is -2.65. The molecule has 26 heavy (non-hydrogen) atoms. The Morgan fingerprint density at radius 1 is 1.27 bits per heavy atom. The topological polar surface area (TPSA) is 55.8 Å². The first-order valence-electron chi connectivity index (χ1n) is 9.75. The number of carboxylic acid groups (broad SMARTS) is 1. The second kappa shape index (κ2) is 8.27. The number of ether oxygens (including phenoxy) is 1. The molecule has 1 aliphatic heterocycles. The molecule has 3 atom stereocenters. The summed E-state index contributed by atoms with van der Waals surface area (Å²) in [5.41, 5.74) is 0.290. The predicted octanol–water partition coefficient (Wildman–Crippen LogP) is 5.35. The minimum Gasteiger partial charge on any atom is -0.490 e. The van der Waals surface area contributed by atoms with E-state index in [0.717, 1.165) is 25.0 Å². The summed E-state index contributed by atoms with van der Waals surface area (Å²) in [6.45, 7) is 14.1. The summed E-state index contributed by atoms with van der Waals surface area (Å²) in [4.78, 5) is 11.0. The van der Waals surface area contributed by atoms with Crippen LogP contribution in [0.2, 0.25) is 32.2 Å². The molecular weight excluding hydrogens is 360 g/mol. The van der Waals surface area contributed by atoms with Gasteiger partial charge in [-0.3, -0.25) is 0 Å². The zero-order chi connectivity index (χ0) is 19.5. The van der Waals surface area contributed by atoms with Gasteiger partial charge in [-0.25, -0.2) is 4.79 Å². The lowest BCUT2D eigenvalue weighted by atomic mass is 9.94. The van der Waals surface area contributed by atoms with Crippen LogP contribution in [0.25, 0.3) is 0 Å². The number of hydrogen-bond donors (Lipinski definition) is 1. The first-order chi connectivity index (χ1) is 12.1. The summed E-state index contributed by atoms with van der Waals surface area (Å²) in [6.07, 6.45) is 3.63. The fraction of sp³-hybridized carbons (Fsp3) is 0.650. The highest BCUT2D eigenvalue weighted by molar-refractivity contribution is 7.38. The molecule has 0 radical (unpaired) electrons. The van der Waals surface area contributed by atoms with Crippen molar-refractivity contribution in [2.24, 2.45) is 5.92 Å². The van der Waals surface area contributed by atoms with Crippen LogP contribution in [0.1, 0.15) is 43.5 Å². The predicted molar refractivity (Wildman–Crippen MR) is 111 cm³/mol. The van der Waals surface area contributed by atoms with E-state index in [9.17, 15) is 4.79 Å². The molecule has 1 aliphatic rings. The second-order valence-corrected chi connectivity index (χ2v) is 23.8. The van der Waals surface area contributed by atoms with Gasteiger partial charge in [-0.05, 0) is 56.7 Å². The summed E-state index contributed by atoms with van der Waals surface area (Å²) in [5.74, 6) is 0.251. The van der Waals surface area contributed by atoms with E-state index < -0.39 is 21.4 Å². The highest BCUT2D eigenvalue weighted by atomic mass is 29.3. The SMILES string of the molecule is CCCCC(Oc1ccc(C(=O)O)cc1)C1C[Si](C)(C)[Si](C)(C)OC1C. The molecule has 1 fully saturated rings. The van der Waals surface area contributed by atoms with Gasteiger partial charge in [0, 0.05) is 12.0 Å². The number of benzene rings is 1. The summed E-state index contributed by atoms with van der Waals surface area (Å²) >= 11 is 0. The normalized spacial score (nSPS) is 25.5. The first-order valence-corrected chi connectivity index (χ1v) is 16.9. The van der Waals surface area contributed by atoms with E-state index in [1.807, 2.05) is 0 Å². The fourth-order valence-electron chi connectivity index (χ4n) is 3.76. The van der Waals surface area contributed by atoms with Crippen molar-refractivity contribution in [1.29, 1.82) is 0 Å². The molecule has 0 aliphatic carbocycles. The Balaban J connectivity index is 2.19. The van der Waals surface area contributed by atoms with Crippen LogP contribution in [0.4, 0.5) is 0 Å². The number of rotatable bonds is 7. The summed E-state index contributed by atoms with van der Waals surface area (Å²) in [7, 11) is -3.00. The van der Waals surface area contributed by atoms with Gasteiger partial charge in [-0.1, -0.05) is 32.9 Å². The standard InChI is InChI=1S/C20H34O4Si2/c1-7-8-9-19(23-17-12-10-16(11-13-17)20(21)22)18-14-25(3,4)26(5,6)24-15(18)2/h10-13,15,18-19H,7-9,14H2,1-6H3,(H,21,22). The minimum atomic E-state index is -1.59. The lowest BCUT2D eigenvalue weighted by molar-refractivity contribution is 0.0447. The van der Waals surface area contributed by atoms with Gasteiger partial charge in [0.1, 0.15) is 11.9 Å². The molecular formula is C20H34O4Si2. The molecule has 1 aromatic rings. The van der Waals surface area contributed by atoms with E-state index in [0.29, 0.717) is 5.92 Å². The summed E-state index contributed by atoms with van der Waals surface area (Å²) < 4.78 is 13.0. The van der Waals surface area contributed by atoms with E-state index in [4.69, 9.17) is 14.3 Å². The monoisotopic (exact) mass is 394 g/mol. The molecule has 1 heterocycles. The fourth-order valence-corrected chi connectivity index (χ4v) is 11.1. The van der Waals surface area contributed by atoms with Crippen LogP contribution >= 0.6 is 0 Å². The maximum absolute atomic E-state index is 11.0. The van der Waals surface area contributed by atoms with Gasteiger partial charge in [-0.2, -0.15) is 0 Å². The second-order valence-electron chi connectivity index (χ2n) is 8.71. The smallest absolute Gasteiger partial charge is 0.335 e. The molecule has 1 saturated heterocycles. The lowest BCUT2D eigenvalue weighted by Gasteiger charge is -2.50. The Labute approximate surface area is 159 Å². The van der Waals surface area contributed by atoms with Gasteiger partial charge >= 0.3 is 5.97 Å². The van der Waals surface area contributed by atoms with Crippen LogP contribution in [0.5, 0.6) is 5.75 Å². The zero-order valence-electron chi connectivity index (χ0n) is 17.0. The van der Waals surface area contributed by atoms with Crippen molar-refractivity contribution in [2.75, 3.05) is 0 Å². The number of carboxylic acids is 1. The maximum atomic E-state index is 11.0. The Bertz CT molecular complexity index is 613. The molecule has 0 amide bonds. The number of hydrogen-bond acceptors (Lipinski definition) is 3. The molecule has 1 aromatic carbocycles. The summed E-state index contributed by atoms with van der Waals surface area (Å²) in [6, 6.07) is 8.03. The van der Waals surface area contributed by atoms with Crippen molar-refractivity contribution in [3.8, 4) is 5.75 Å². The average Bonchev–Trinajstić information content (AvgIpc) is 2.55. The molecule has 0 spiro atoms. The quantitative estimate of drug-likeness (QED) is 0.633. The molecule has 146 valence electrons. The van der Waals surface area contributed by atoms with Gasteiger partial charge in [-0.15, -0.1) is 0 Å². The molecule has 0 saturated carbocycles. The largest absolute Gasteiger partial charge is 0.490 e. The highest BCUT2D eigenvalue weighted by Gasteiger charge is 2.52. The van der Waals surface area contributed by atoms with Gasteiger partial charge < -0.3 is 14.3 Å². The van der Waals surface area contributed by atoms with E-state index in [1.165, 1.54) is 6.04 Å². The molecule has 6 heteroatoms. The minimum absolute atomic E-state index is 0.123. The van der Waals surface area contributed by atoms with Crippen LogP contribution in [-0.4, -0.2) is 38.7 Å². The maximum Gasteiger partial charge on any atom is 0.335 e. The van der Waals surface area contributed by atoms with Crippen molar-refractivity contribution in [3.05, 3.63) is 29.8 Å². The highest BCUT2D eigenvalue weighted by Crippen LogP contribution is 2.40. The van der Waals surface area contributed by atoms with E-state index in [2.05, 4.69) is 40.0 Å². The van der Waals surface area contributed by atoms with Gasteiger partial charge in [0.05, 0.1) is 13.2 Å². The van der Waals surface area contributed by atoms with E-state index >= 15 is 0 Å². The van der Waals surface area contributed by atoms with Crippen LogP contribution in [-0.2, 0) is 4.43 Å². The average molecular weight is 395 g/mol. The third-order valence-corrected chi connectivity index (χ3v) is 22.6. The third kappa shape index (κ3) is 4.78. The van der Waals surface area contributed by atoms with Gasteiger partial charge in [0.15, 0.2) is 7.83 Å². The molecule has 0 aromatic heterocycles. The number of unbranched alkanes of at least 4 members (excludes halogenated alkanes) is 1. The van der Waals surface area contributed by atoms with Crippen LogP contribution in [0, 0.1) is 5.92 Å². The van der Waals surface area contributed by atoms with Crippen molar-refractivity contribution in [1.82, 2.24) is 0 Å². The Morgan fingerprint density at radius 3 is 2.42 bits per heavy atom. The van der Waals surface area contributed by atoms with Crippen molar-refractivity contribution in [2.45, 2.75) is 77.6 Å². The van der Waals surface area contributed by atoms with E-state index in [-0.39, 0.29) is 17.8 Å². The van der Waals surface area contributed by atoms with Crippen molar-refractivity contribution in [3.63, 3.8) is 0 Å². The molecule has 0 bridgehead atoms. The Kier molecular flexibility index (Phi) is 6.74. The molecule has 2 rings (SSSR count). The van der Waals surface area contributed by atoms with Gasteiger partial charge in [0.25, 0.3) is 0 Å². The van der Waals surface area contributed by atoms with Crippen LogP contribution < -0.4 is 4.74 Å². The number of carbonyl (C=O) groups is 1. The van der Waals surface area contributed by atoms with E-state index in [1.54, 1.807) is 24.3 Å². The summed E-state index contributed by atoms with van der Waals surface area (Å²) in [5, 5.41) is 9.07. The number of aromatic carboxylic acids is 1. The molecule has 4 nitrogen and oxygen atoms in total. The Morgan fingerprint density at radius 2 is 1.88 bits per heavy atom. The molecule has 3 unspecified atom stereocenters. The Hall–Kier alpha value is -1.12. The third-order valence-electron chi connectivity index (χ3n) is 6.17. The molecule has 1 N–H and O–H groups in total.